The van der Waals surface area contributed by atoms with Gasteiger partial charge in [-0.05, 0) is 43.7 Å². The summed E-state index contributed by atoms with van der Waals surface area (Å²) in [6.45, 7) is 3.92. The highest BCUT2D eigenvalue weighted by atomic mass is 16.5. The highest BCUT2D eigenvalue weighted by molar-refractivity contribution is 5.97. The molecule has 104 valence electrons. The first kappa shape index (κ1) is 14.1. The lowest BCUT2D eigenvalue weighted by Gasteiger charge is -2.10. The van der Waals surface area contributed by atoms with E-state index in [1.807, 2.05) is 56.3 Å². The van der Waals surface area contributed by atoms with Crippen LogP contribution < -0.4 is 10.5 Å². The normalized spacial score (nSPS) is 10.6. The molecular weight excluding hydrogens is 250 g/mol. The fraction of sp³-hybridized carbons (Fsp3) is 0.235. The average Bonchev–Trinajstić information content (AvgIpc) is 2.38. The Kier molecular flexibility index (Phi) is 4.41. The summed E-state index contributed by atoms with van der Waals surface area (Å²) in [6.07, 6.45) is 0.435. The fourth-order valence-corrected chi connectivity index (χ4v) is 2.01. The van der Waals surface area contributed by atoms with Gasteiger partial charge in [-0.25, -0.2) is 0 Å². The molecule has 0 heterocycles. The van der Waals surface area contributed by atoms with Gasteiger partial charge < -0.3 is 10.5 Å². The zero-order chi connectivity index (χ0) is 14.5. The van der Waals surface area contributed by atoms with Gasteiger partial charge in [0, 0.05) is 17.7 Å². The Hall–Kier alpha value is -2.29. The molecule has 2 aromatic rings. The Morgan fingerprint density at radius 1 is 1.15 bits per heavy atom. The van der Waals surface area contributed by atoms with Gasteiger partial charge in [-0.3, -0.25) is 4.79 Å². The van der Waals surface area contributed by atoms with E-state index in [4.69, 9.17) is 10.5 Å². The third kappa shape index (κ3) is 3.85. The van der Waals surface area contributed by atoms with Gasteiger partial charge in [0.1, 0.15) is 5.75 Å². The van der Waals surface area contributed by atoms with Gasteiger partial charge in [0.15, 0.2) is 5.78 Å². The highest BCUT2D eigenvalue weighted by Crippen LogP contribution is 2.17. The number of nitrogens with two attached hydrogens (primary N) is 1. The van der Waals surface area contributed by atoms with Crippen LogP contribution in [0.4, 0.5) is 5.69 Å². The van der Waals surface area contributed by atoms with Crippen LogP contribution in [0.2, 0.25) is 0 Å². The lowest BCUT2D eigenvalue weighted by molar-refractivity contribution is 0.0992. The minimum atomic E-state index is 0.0600. The van der Waals surface area contributed by atoms with Crippen LogP contribution in [0.25, 0.3) is 0 Å². The Bertz CT molecular complexity index is 605. The molecule has 0 radical (unpaired) electrons. The van der Waals surface area contributed by atoms with Gasteiger partial charge in [0.25, 0.3) is 0 Å². The average molecular weight is 269 g/mol. The van der Waals surface area contributed by atoms with Crippen LogP contribution in [-0.2, 0) is 6.42 Å². The van der Waals surface area contributed by atoms with Gasteiger partial charge in [-0.2, -0.15) is 0 Å². The number of ketones is 1. The summed E-state index contributed by atoms with van der Waals surface area (Å²) in [5, 5.41) is 0. The number of rotatable bonds is 5. The molecule has 3 nitrogen and oxygen atoms in total. The molecule has 0 aromatic heterocycles. The van der Waals surface area contributed by atoms with Crippen molar-refractivity contribution in [3.05, 3.63) is 59.7 Å². The van der Waals surface area contributed by atoms with E-state index in [2.05, 4.69) is 0 Å². The molecule has 2 N–H and O–H groups in total. The summed E-state index contributed by atoms with van der Waals surface area (Å²) >= 11 is 0. The smallest absolute Gasteiger partial charge is 0.167 e. The molecule has 20 heavy (non-hydrogen) atoms. The van der Waals surface area contributed by atoms with Crippen molar-refractivity contribution in [3.63, 3.8) is 0 Å². The van der Waals surface area contributed by atoms with E-state index in [1.165, 1.54) is 0 Å². The first-order valence-electron chi connectivity index (χ1n) is 6.69. The van der Waals surface area contributed by atoms with Gasteiger partial charge >= 0.3 is 0 Å². The van der Waals surface area contributed by atoms with Crippen molar-refractivity contribution in [1.29, 1.82) is 0 Å². The SMILES string of the molecule is CC(C)Oc1cccc(C(=O)Cc2cccc(N)c2)c1. The van der Waals surface area contributed by atoms with E-state index < -0.39 is 0 Å². The Balaban J connectivity index is 2.13. The van der Waals surface area contributed by atoms with Crippen LogP contribution in [0.5, 0.6) is 5.75 Å². The maximum Gasteiger partial charge on any atom is 0.167 e. The standard InChI is InChI=1S/C17H19NO2/c1-12(2)20-16-8-4-6-14(11-16)17(19)10-13-5-3-7-15(18)9-13/h3-9,11-12H,10,18H2,1-2H3. The lowest BCUT2D eigenvalue weighted by atomic mass is 10.0. The first-order chi connectivity index (χ1) is 9.54. The second kappa shape index (κ2) is 6.24. The van der Waals surface area contributed by atoms with Gasteiger partial charge in [-0.1, -0.05) is 24.3 Å². The molecule has 0 aliphatic carbocycles. The molecule has 0 saturated heterocycles. The largest absolute Gasteiger partial charge is 0.491 e. The van der Waals surface area contributed by atoms with Crippen molar-refractivity contribution in [2.24, 2.45) is 0 Å². The summed E-state index contributed by atoms with van der Waals surface area (Å²) < 4.78 is 5.60. The number of benzene rings is 2. The quantitative estimate of drug-likeness (QED) is 0.668. The van der Waals surface area contributed by atoms with Crippen molar-refractivity contribution >= 4 is 11.5 Å². The summed E-state index contributed by atoms with van der Waals surface area (Å²) in [5.74, 6) is 0.781. The minimum absolute atomic E-state index is 0.0600. The van der Waals surface area contributed by atoms with Crippen molar-refractivity contribution in [1.82, 2.24) is 0 Å². The zero-order valence-electron chi connectivity index (χ0n) is 11.8. The molecular formula is C17H19NO2. The molecule has 0 aliphatic rings. The van der Waals surface area contributed by atoms with Gasteiger partial charge in [0.2, 0.25) is 0 Å². The van der Waals surface area contributed by atoms with Crippen molar-refractivity contribution in [3.8, 4) is 5.75 Å². The Labute approximate surface area is 119 Å². The van der Waals surface area contributed by atoms with Crippen LogP contribution in [0.3, 0.4) is 0 Å². The van der Waals surface area contributed by atoms with Gasteiger partial charge in [0.05, 0.1) is 6.10 Å². The second-order valence-corrected chi connectivity index (χ2v) is 5.04. The molecule has 2 aromatic carbocycles. The number of anilines is 1. The third-order valence-corrected chi connectivity index (χ3v) is 2.84. The molecule has 0 fully saturated rings. The molecule has 0 amide bonds. The van der Waals surface area contributed by atoms with E-state index in [0.717, 1.165) is 11.3 Å². The molecule has 0 bridgehead atoms. The predicted molar refractivity (Wildman–Crippen MR) is 81.1 cm³/mol. The maximum atomic E-state index is 12.3. The van der Waals surface area contributed by atoms with E-state index in [1.54, 1.807) is 6.07 Å². The molecule has 0 aliphatic heterocycles. The Morgan fingerprint density at radius 3 is 2.60 bits per heavy atom. The molecule has 0 saturated carbocycles. The van der Waals surface area contributed by atoms with Crippen LogP contribution in [-0.4, -0.2) is 11.9 Å². The van der Waals surface area contributed by atoms with E-state index >= 15 is 0 Å². The number of ether oxygens (including phenoxy) is 1. The minimum Gasteiger partial charge on any atom is -0.491 e. The number of hydrogen-bond donors (Lipinski definition) is 1. The summed E-state index contributed by atoms with van der Waals surface area (Å²) in [5.41, 5.74) is 7.97. The van der Waals surface area contributed by atoms with E-state index in [9.17, 15) is 4.79 Å². The van der Waals surface area contributed by atoms with Crippen molar-refractivity contribution in [2.45, 2.75) is 26.4 Å². The maximum absolute atomic E-state index is 12.3. The zero-order valence-corrected chi connectivity index (χ0v) is 11.8. The number of carbonyl (C=O) groups excluding carboxylic acids is 1. The number of Topliss-reactive ketones (excluding diaryl/α,β-unsaturated/α-hetero) is 1. The van der Waals surface area contributed by atoms with Crippen LogP contribution in [0.15, 0.2) is 48.5 Å². The first-order valence-corrected chi connectivity index (χ1v) is 6.69. The predicted octanol–water partition coefficient (Wildman–Crippen LogP) is 3.48. The molecule has 3 heteroatoms. The van der Waals surface area contributed by atoms with E-state index in [0.29, 0.717) is 17.7 Å². The van der Waals surface area contributed by atoms with Crippen molar-refractivity contribution < 1.29 is 9.53 Å². The molecule has 0 atom stereocenters. The van der Waals surface area contributed by atoms with Crippen LogP contribution >= 0.6 is 0 Å². The monoisotopic (exact) mass is 269 g/mol. The van der Waals surface area contributed by atoms with Gasteiger partial charge in [-0.15, -0.1) is 0 Å². The highest BCUT2D eigenvalue weighted by Gasteiger charge is 2.09. The second-order valence-electron chi connectivity index (χ2n) is 5.04. The molecule has 0 unspecified atom stereocenters. The number of nitrogen functional groups attached to an aromatic ring is 1. The molecule has 2 rings (SSSR count). The van der Waals surface area contributed by atoms with Crippen LogP contribution in [0, 0.1) is 0 Å². The third-order valence-electron chi connectivity index (χ3n) is 2.84. The summed E-state index contributed by atoms with van der Waals surface area (Å²) in [6, 6.07) is 14.7. The fourth-order valence-electron chi connectivity index (χ4n) is 2.01. The van der Waals surface area contributed by atoms with Crippen LogP contribution in [0.1, 0.15) is 29.8 Å². The topological polar surface area (TPSA) is 52.3 Å². The summed E-state index contributed by atoms with van der Waals surface area (Å²) in [4.78, 5) is 12.3. The number of carbonyl (C=O) groups is 1. The Morgan fingerprint density at radius 2 is 1.90 bits per heavy atom. The molecule has 0 spiro atoms. The van der Waals surface area contributed by atoms with E-state index in [-0.39, 0.29) is 11.9 Å². The lowest BCUT2D eigenvalue weighted by Crippen LogP contribution is -2.08. The number of hydrogen-bond acceptors (Lipinski definition) is 3. The van der Waals surface area contributed by atoms with Crippen molar-refractivity contribution in [2.75, 3.05) is 5.73 Å². The summed E-state index contributed by atoms with van der Waals surface area (Å²) in [7, 11) is 0.